The summed E-state index contributed by atoms with van der Waals surface area (Å²) in [4.78, 5) is 12.8. The number of esters is 1. The van der Waals surface area contributed by atoms with E-state index >= 15 is 0 Å². The van der Waals surface area contributed by atoms with Crippen molar-refractivity contribution in [2.45, 2.75) is 198 Å². The van der Waals surface area contributed by atoms with E-state index in [1.807, 2.05) is 0 Å². The van der Waals surface area contributed by atoms with Crippen LogP contribution in [0, 0.1) is 0 Å². The molecule has 0 aromatic rings. The van der Waals surface area contributed by atoms with Crippen LogP contribution in [-0.4, -0.2) is 97.5 Å². The van der Waals surface area contributed by atoms with Crippen LogP contribution in [0.25, 0.3) is 0 Å². The van der Waals surface area contributed by atoms with E-state index in [9.17, 15) is 28.5 Å². The highest BCUT2D eigenvalue weighted by Gasteiger charge is 2.48. The van der Waals surface area contributed by atoms with Crippen LogP contribution < -0.4 is 0 Å². The van der Waals surface area contributed by atoms with Crippen LogP contribution in [0.2, 0.25) is 0 Å². The molecule has 0 bridgehead atoms. The Morgan fingerprint density at radius 1 is 0.684 bits per heavy atom. The predicted molar refractivity (Wildman–Crippen MR) is 225 cm³/mol. The van der Waals surface area contributed by atoms with Gasteiger partial charge in [0.1, 0.15) is 30.5 Å². The van der Waals surface area contributed by atoms with E-state index in [-0.39, 0.29) is 19.6 Å². The van der Waals surface area contributed by atoms with Gasteiger partial charge in [-0.1, -0.05) is 133 Å². The Kier molecular flexibility index (Phi) is 33.5. The summed E-state index contributed by atoms with van der Waals surface area (Å²) in [6, 6.07) is 0. The van der Waals surface area contributed by atoms with Gasteiger partial charge in [0.2, 0.25) is 0 Å². The maximum atomic E-state index is 12.8. The molecule has 0 aromatic heterocycles. The van der Waals surface area contributed by atoms with Gasteiger partial charge in [-0.15, -0.1) is 0 Å². The van der Waals surface area contributed by atoms with E-state index in [0.29, 0.717) is 13.0 Å². The largest absolute Gasteiger partial charge is 0.457 e. The van der Waals surface area contributed by atoms with E-state index in [2.05, 4.69) is 66.6 Å². The Hall–Kier alpha value is -1.94. The zero-order valence-corrected chi connectivity index (χ0v) is 36.0. The fourth-order valence-electron chi connectivity index (χ4n) is 6.39. The van der Waals surface area contributed by atoms with Gasteiger partial charge in [-0.3, -0.25) is 9.35 Å². The van der Waals surface area contributed by atoms with Gasteiger partial charge in [-0.25, -0.2) is 4.18 Å². The second-order valence-corrected chi connectivity index (χ2v) is 15.9. The minimum Gasteiger partial charge on any atom is -0.457 e. The molecule has 6 atom stereocenters. The van der Waals surface area contributed by atoms with Crippen molar-refractivity contribution in [2.75, 3.05) is 26.4 Å². The number of aliphatic hydroxyl groups excluding tert-OH is 3. The number of rotatable bonds is 37. The first-order valence-electron chi connectivity index (χ1n) is 21.9. The van der Waals surface area contributed by atoms with Crippen LogP contribution in [0.1, 0.15) is 162 Å². The van der Waals surface area contributed by atoms with E-state index in [0.717, 1.165) is 64.2 Å². The summed E-state index contributed by atoms with van der Waals surface area (Å²) in [6.45, 7) is 3.81. The molecule has 0 saturated carbocycles. The summed E-state index contributed by atoms with van der Waals surface area (Å²) in [5, 5.41) is 30.6. The Bertz CT molecular complexity index is 1190. The molecule has 12 nitrogen and oxygen atoms in total. The molecule has 0 radical (unpaired) electrons. The van der Waals surface area contributed by atoms with Gasteiger partial charge in [-0.2, -0.15) is 8.42 Å². The molecule has 57 heavy (non-hydrogen) atoms. The summed E-state index contributed by atoms with van der Waals surface area (Å²) in [5.41, 5.74) is 0. The number of ether oxygens (including phenoxy) is 4. The fraction of sp³-hybridized carbons (Fsp3) is 0.795. The van der Waals surface area contributed by atoms with Gasteiger partial charge in [-0.05, 0) is 70.6 Å². The lowest BCUT2D eigenvalue weighted by molar-refractivity contribution is -0.301. The van der Waals surface area contributed by atoms with Gasteiger partial charge < -0.3 is 34.3 Å². The van der Waals surface area contributed by atoms with Crippen molar-refractivity contribution in [1.29, 1.82) is 0 Å². The minimum atomic E-state index is -5.07. The van der Waals surface area contributed by atoms with Crippen molar-refractivity contribution in [1.82, 2.24) is 0 Å². The van der Waals surface area contributed by atoms with Gasteiger partial charge in [0.05, 0.1) is 19.8 Å². The number of unbranched alkanes of at least 4 members (excludes halogenated alkanes) is 16. The zero-order chi connectivity index (χ0) is 41.8. The smallest absolute Gasteiger partial charge is 0.397 e. The number of aliphatic hydroxyl groups is 3. The highest BCUT2D eigenvalue weighted by atomic mass is 32.3. The molecule has 1 saturated heterocycles. The number of hydrogen-bond donors (Lipinski definition) is 4. The molecule has 4 N–H and O–H groups in total. The number of carbonyl (C=O) groups is 1. The molecule has 6 unspecified atom stereocenters. The molecule has 0 spiro atoms. The normalized spacial score (nSPS) is 21.1. The molecule has 0 aromatic carbocycles. The summed E-state index contributed by atoms with van der Waals surface area (Å²) in [6.07, 6.45) is 32.9. The second-order valence-electron chi connectivity index (χ2n) is 14.9. The number of allylic oxidation sites excluding steroid dienone is 8. The lowest BCUT2D eigenvalue weighted by Gasteiger charge is -2.41. The summed E-state index contributed by atoms with van der Waals surface area (Å²) in [5.74, 6) is -0.431. The minimum absolute atomic E-state index is 0.0187. The highest BCUT2D eigenvalue weighted by molar-refractivity contribution is 7.80. The molecular formula is C44H78O12S. The fourth-order valence-corrected chi connectivity index (χ4v) is 6.89. The predicted octanol–water partition coefficient (Wildman–Crippen LogP) is 8.80. The Balaban J connectivity index is 2.46. The van der Waals surface area contributed by atoms with Crippen LogP contribution in [0.4, 0.5) is 0 Å². The maximum absolute atomic E-state index is 12.8. The third kappa shape index (κ3) is 29.8. The molecular weight excluding hydrogens is 753 g/mol. The van der Waals surface area contributed by atoms with E-state index < -0.39 is 59.8 Å². The molecule has 0 aliphatic carbocycles. The Morgan fingerprint density at radius 2 is 1.21 bits per heavy atom. The van der Waals surface area contributed by atoms with Crippen LogP contribution in [0.5, 0.6) is 0 Å². The van der Waals surface area contributed by atoms with Crippen LogP contribution in [0.3, 0.4) is 0 Å². The topological polar surface area (TPSA) is 178 Å². The van der Waals surface area contributed by atoms with Crippen molar-refractivity contribution in [3.63, 3.8) is 0 Å². The van der Waals surface area contributed by atoms with Crippen LogP contribution >= 0.6 is 0 Å². The highest BCUT2D eigenvalue weighted by Crippen LogP contribution is 2.26. The third-order valence-corrected chi connectivity index (χ3v) is 10.2. The van der Waals surface area contributed by atoms with Crippen LogP contribution in [0.15, 0.2) is 48.6 Å². The van der Waals surface area contributed by atoms with Crippen molar-refractivity contribution >= 4 is 16.4 Å². The molecule has 332 valence electrons. The van der Waals surface area contributed by atoms with Crippen molar-refractivity contribution in [3.8, 4) is 0 Å². The molecule has 1 heterocycles. The van der Waals surface area contributed by atoms with Crippen LogP contribution in [-0.2, 0) is 38.3 Å². The van der Waals surface area contributed by atoms with E-state index in [1.54, 1.807) is 0 Å². The molecule has 13 heteroatoms. The molecule has 1 aliphatic rings. The lowest BCUT2D eigenvalue weighted by atomic mass is 9.99. The Labute approximate surface area is 345 Å². The first-order valence-corrected chi connectivity index (χ1v) is 23.3. The molecule has 0 amide bonds. The number of hydrogen-bond acceptors (Lipinski definition) is 11. The first-order chi connectivity index (χ1) is 27.6. The zero-order valence-electron chi connectivity index (χ0n) is 35.1. The third-order valence-electron chi connectivity index (χ3n) is 9.68. The number of carbonyl (C=O) groups excluding carboxylic acids is 1. The van der Waals surface area contributed by atoms with Gasteiger partial charge in [0.15, 0.2) is 6.29 Å². The first kappa shape index (κ1) is 53.1. The van der Waals surface area contributed by atoms with E-state index in [1.165, 1.54) is 70.6 Å². The second kappa shape index (κ2) is 36.0. The average Bonchev–Trinajstić information content (AvgIpc) is 3.18. The summed E-state index contributed by atoms with van der Waals surface area (Å²) >= 11 is 0. The molecule has 1 rings (SSSR count). The average molecular weight is 831 g/mol. The Morgan fingerprint density at radius 3 is 1.79 bits per heavy atom. The molecule has 1 aliphatic heterocycles. The van der Waals surface area contributed by atoms with E-state index in [4.69, 9.17) is 23.5 Å². The van der Waals surface area contributed by atoms with Gasteiger partial charge >= 0.3 is 16.4 Å². The molecule has 1 fully saturated rings. The van der Waals surface area contributed by atoms with Gasteiger partial charge in [0, 0.05) is 13.0 Å². The lowest BCUT2D eigenvalue weighted by Crippen LogP contribution is -2.60. The van der Waals surface area contributed by atoms with Crippen molar-refractivity contribution < 1.29 is 56.2 Å². The SMILES string of the molecule is CC/C=C\C/C=C\C/C=C\CCCCCC(=O)OC(COCCCCCCCC/C=C\CCCCCCCCC)COC1OC(CO)C(O)C(OS(=O)(=O)O)C1O. The quantitative estimate of drug-likeness (QED) is 0.0203. The summed E-state index contributed by atoms with van der Waals surface area (Å²) < 4.78 is 58.9. The van der Waals surface area contributed by atoms with Crippen molar-refractivity contribution in [2.24, 2.45) is 0 Å². The summed E-state index contributed by atoms with van der Waals surface area (Å²) in [7, 11) is -5.07. The standard InChI is InChI=1S/C44H78O12S/c1-3-5-7-9-11-13-15-17-18-19-20-22-24-26-28-30-32-34-52-36-38(37-53-44-42(48)43(56-57(49,50)51)41(47)39(35-45)55-44)54-40(46)33-31-29-27-25-23-21-16-14-12-10-8-6-4-2/h6,8,12,14,18-19,21,23,38-39,41-45,47-48H,3-5,7,9-11,13,15-17,20,22,24-37H2,1-2H3,(H,49,50,51)/b8-6-,14-12-,19-18-,23-21-. The maximum Gasteiger partial charge on any atom is 0.397 e. The van der Waals surface area contributed by atoms with Crippen molar-refractivity contribution in [3.05, 3.63) is 48.6 Å². The van der Waals surface area contributed by atoms with Gasteiger partial charge in [0.25, 0.3) is 0 Å². The monoisotopic (exact) mass is 831 g/mol.